The van der Waals surface area contributed by atoms with Gasteiger partial charge in [-0.3, -0.25) is 4.79 Å². The van der Waals surface area contributed by atoms with Crippen LogP contribution in [-0.2, 0) is 11.3 Å². The Morgan fingerprint density at radius 2 is 1.64 bits per heavy atom. The number of thioether (sulfide) groups is 1. The summed E-state index contributed by atoms with van der Waals surface area (Å²) in [6.45, 7) is 0.528. The zero-order valence-corrected chi connectivity index (χ0v) is 15.1. The van der Waals surface area contributed by atoms with Gasteiger partial charge in [0.25, 0.3) is 0 Å². The molecule has 0 N–H and O–H groups in total. The topological polar surface area (TPSA) is 33.2 Å². The van der Waals surface area contributed by atoms with Gasteiger partial charge in [-0.15, -0.1) is 0 Å². The van der Waals surface area contributed by atoms with E-state index in [9.17, 15) is 4.79 Å². The molecule has 3 nitrogen and oxygen atoms in total. The monoisotopic (exact) mass is 368 g/mol. The number of hydrogen-bond donors (Lipinski definition) is 0. The van der Waals surface area contributed by atoms with Crippen molar-refractivity contribution >= 4 is 35.0 Å². The second-order valence-corrected chi connectivity index (χ2v) is 6.75. The Hall–Kier alpha value is -2.30. The minimum atomic E-state index is 0.0155. The van der Waals surface area contributed by atoms with Crippen LogP contribution in [0.2, 0.25) is 5.02 Å². The predicted molar refractivity (Wildman–Crippen MR) is 104 cm³/mol. The standard InChI is InChI=1S/C20H17ClN2OS/c21-18-12-7-13-22-20(18)25-15-19(24)23(17-10-5-2-6-11-17)14-16-8-3-1-4-9-16/h1-13H,14-15H2. The number of halogens is 1. The molecule has 2 aromatic carbocycles. The van der Waals surface area contributed by atoms with Crippen LogP contribution in [0.15, 0.2) is 84.0 Å². The summed E-state index contributed by atoms with van der Waals surface area (Å²) in [6.07, 6.45) is 1.68. The molecule has 0 aliphatic rings. The number of carbonyl (C=O) groups is 1. The van der Waals surface area contributed by atoms with Gasteiger partial charge in [-0.25, -0.2) is 4.98 Å². The average Bonchev–Trinajstić information content (AvgIpc) is 2.67. The van der Waals surface area contributed by atoms with E-state index in [0.717, 1.165) is 11.3 Å². The summed E-state index contributed by atoms with van der Waals surface area (Å²) < 4.78 is 0. The molecule has 126 valence electrons. The minimum absolute atomic E-state index is 0.0155. The molecule has 25 heavy (non-hydrogen) atoms. The first-order chi connectivity index (χ1) is 12.2. The van der Waals surface area contributed by atoms with E-state index >= 15 is 0 Å². The molecule has 0 bridgehead atoms. The van der Waals surface area contributed by atoms with Crippen molar-refractivity contribution in [3.63, 3.8) is 0 Å². The summed E-state index contributed by atoms with van der Waals surface area (Å²) in [4.78, 5) is 18.9. The van der Waals surface area contributed by atoms with Crippen LogP contribution in [0.4, 0.5) is 5.69 Å². The molecular formula is C20H17ClN2OS. The molecule has 0 aliphatic heterocycles. The first-order valence-electron chi connectivity index (χ1n) is 7.86. The van der Waals surface area contributed by atoms with Gasteiger partial charge < -0.3 is 4.90 Å². The summed E-state index contributed by atoms with van der Waals surface area (Å²) >= 11 is 7.48. The fourth-order valence-corrected chi connectivity index (χ4v) is 3.43. The van der Waals surface area contributed by atoms with Crippen LogP contribution in [0, 0.1) is 0 Å². The van der Waals surface area contributed by atoms with Crippen molar-refractivity contribution < 1.29 is 4.79 Å². The zero-order valence-electron chi connectivity index (χ0n) is 13.5. The van der Waals surface area contributed by atoms with E-state index in [0.29, 0.717) is 16.6 Å². The second-order valence-electron chi connectivity index (χ2n) is 5.38. The fourth-order valence-electron chi connectivity index (χ4n) is 2.38. The highest BCUT2D eigenvalue weighted by Gasteiger charge is 2.17. The van der Waals surface area contributed by atoms with Gasteiger partial charge in [-0.1, -0.05) is 71.9 Å². The summed E-state index contributed by atoms with van der Waals surface area (Å²) in [5.41, 5.74) is 1.96. The van der Waals surface area contributed by atoms with E-state index in [1.54, 1.807) is 23.2 Å². The Morgan fingerprint density at radius 1 is 0.960 bits per heavy atom. The van der Waals surface area contributed by atoms with Gasteiger partial charge in [0.05, 0.1) is 17.3 Å². The molecule has 0 unspecified atom stereocenters. The van der Waals surface area contributed by atoms with Crippen LogP contribution >= 0.6 is 23.4 Å². The van der Waals surface area contributed by atoms with Crippen LogP contribution in [0.25, 0.3) is 0 Å². The van der Waals surface area contributed by atoms with Crippen molar-refractivity contribution in [1.29, 1.82) is 0 Å². The predicted octanol–water partition coefficient (Wildman–Crippen LogP) is 5.06. The van der Waals surface area contributed by atoms with Crippen molar-refractivity contribution in [1.82, 2.24) is 4.98 Å². The molecule has 0 spiro atoms. The lowest BCUT2D eigenvalue weighted by molar-refractivity contribution is -0.116. The van der Waals surface area contributed by atoms with Crippen LogP contribution in [0.5, 0.6) is 0 Å². The molecule has 0 fully saturated rings. The molecule has 0 atom stereocenters. The second kappa shape index (κ2) is 8.70. The van der Waals surface area contributed by atoms with E-state index in [4.69, 9.17) is 11.6 Å². The summed E-state index contributed by atoms with van der Waals surface area (Å²) in [7, 11) is 0. The SMILES string of the molecule is O=C(CSc1ncccc1Cl)N(Cc1ccccc1)c1ccccc1. The van der Waals surface area contributed by atoms with Gasteiger partial charge in [0, 0.05) is 11.9 Å². The highest BCUT2D eigenvalue weighted by atomic mass is 35.5. The maximum Gasteiger partial charge on any atom is 0.237 e. The first-order valence-corrected chi connectivity index (χ1v) is 9.23. The molecule has 3 aromatic rings. The highest BCUT2D eigenvalue weighted by Crippen LogP contribution is 2.25. The molecule has 1 amide bonds. The minimum Gasteiger partial charge on any atom is -0.307 e. The van der Waals surface area contributed by atoms with Crippen molar-refractivity contribution in [2.45, 2.75) is 11.6 Å². The number of carbonyl (C=O) groups excluding carboxylic acids is 1. The van der Waals surface area contributed by atoms with E-state index in [2.05, 4.69) is 4.98 Å². The molecular weight excluding hydrogens is 352 g/mol. The zero-order chi connectivity index (χ0) is 17.5. The molecule has 0 saturated heterocycles. The number of rotatable bonds is 6. The third-order valence-electron chi connectivity index (χ3n) is 3.61. The quantitative estimate of drug-likeness (QED) is 0.570. The van der Waals surface area contributed by atoms with Crippen LogP contribution < -0.4 is 4.90 Å². The lowest BCUT2D eigenvalue weighted by atomic mass is 10.2. The molecule has 0 radical (unpaired) electrons. The lowest BCUT2D eigenvalue weighted by Crippen LogP contribution is -2.31. The van der Waals surface area contributed by atoms with Crippen LogP contribution in [-0.4, -0.2) is 16.6 Å². The third-order valence-corrected chi connectivity index (χ3v) is 5.02. The number of pyridine rings is 1. The van der Waals surface area contributed by atoms with Crippen LogP contribution in [0.1, 0.15) is 5.56 Å². The van der Waals surface area contributed by atoms with Gasteiger partial charge in [0.15, 0.2) is 0 Å². The van der Waals surface area contributed by atoms with Crippen LogP contribution in [0.3, 0.4) is 0 Å². The maximum absolute atomic E-state index is 12.9. The van der Waals surface area contributed by atoms with Crippen molar-refractivity contribution in [3.8, 4) is 0 Å². The van der Waals surface area contributed by atoms with Gasteiger partial charge in [0.1, 0.15) is 5.03 Å². The Morgan fingerprint density at radius 3 is 2.32 bits per heavy atom. The number of benzene rings is 2. The Kier molecular flexibility index (Phi) is 6.09. The third kappa shape index (κ3) is 4.84. The number of aromatic nitrogens is 1. The maximum atomic E-state index is 12.9. The molecule has 5 heteroatoms. The van der Waals surface area contributed by atoms with E-state index in [1.165, 1.54) is 11.8 Å². The van der Waals surface area contributed by atoms with E-state index < -0.39 is 0 Å². The van der Waals surface area contributed by atoms with Crippen molar-refractivity contribution in [2.24, 2.45) is 0 Å². The Balaban J connectivity index is 1.76. The Labute approximate surface area is 156 Å². The lowest BCUT2D eigenvalue weighted by Gasteiger charge is -2.23. The van der Waals surface area contributed by atoms with Crippen molar-refractivity contribution in [3.05, 3.63) is 89.6 Å². The van der Waals surface area contributed by atoms with Crippen molar-refractivity contribution in [2.75, 3.05) is 10.7 Å². The van der Waals surface area contributed by atoms with Gasteiger partial charge in [-0.2, -0.15) is 0 Å². The van der Waals surface area contributed by atoms with Gasteiger partial charge in [-0.05, 0) is 29.8 Å². The van der Waals surface area contributed by atoms with E-state index in [1.807, 2.05) is 60.7 Å². The summed E-state index contributed by atoms with van der Waals surface area (Å²) in [6, 6.07) is 23.2. The Bertz CT molecular complexity index is 827. The summed E-state index contributed by atoms with van der Waals surface area (Å²) in [5, 5.41) is 1.24. The first kappa shape index (κ1) is 17.5. The molecule has 1 heterocycles. The molecule has 3 rings (SSSR count). The number of para-hydroxylation sites is 1. The normalized spacial score (nSPS) is 10.4. The highest BCUT2D eigenvalue weighted by molar-refractivity contribution is 8.00. The number of anilines is 1. The molecule has 1 aromatic heterocycles. The number of amides is 1. The van der Waals surface area contributed by atoms with Gasteiger partial charge in [0.2, 0.25) is 5.91 Å². The number of nitrogens with zero attached hydrogens (tertiary/aromatic N) is 2. The smallest absolute Gasteiger partial charge is 0.237 e. The molecule has 0 saturated carbocycles. The molecule has 0 aliphatic carbocycles. The average molecular weight is 369 g/mol. The van der Waals surface area contributed by atoms with Gasteiger partial charge >= 0.3 is 0 Å². The largest absolute Gasteiger partial charge is 0.307 e. The van der Waals surface area contributed by atoms with E-state index in [-0.39, 0.29) is 11.7 Å². The summed E-state index contributed by atoms with van der Waals surface area (Å²) in [5.74, 6) is 0.292. The fraction of sp³-hybridized carbons (Fsp3) is 0.100. The number of hydrogen-bond acceptors (Lipinski definition) is 3.